The van der Waals surface area contributed by atoms with Gasteiger partial charge in [0.1, 0.15) is 5.75 Å². The van der Waals surface area contributed by atoms with Gasteiger partial charge in [0.05, 0.1) is 11.8 Å². The number of amidine groups is 1. The summed E-state index contributed by atoms with van der Waals surface area (Å²) in [5.74, 6) is 1.43. The third-order valence-corrected chi connectivity index (χ3v) is 3.48. The van der Waals surface area contributed by atoms with Crippen LogP contribution in [0.25, 0.3) is 0 Å². The average molecular weight is 350 g/mol. The van der Waals surface area contributed by atoms with E-state index in [1.54, 1.807) is 18.5 Å². The normalized spacial score (nSPS) is 11.7. The summed E-state index contributed by atoms with van der Waals surface area (Å²) in [6.07, 6.45) is 3.10. The summed E-state index contributed by atoms with van der Waals surface area (Å²) < 4.78 is 6.91. The second kappa shape index (κ2) is 6.58. The van der Waals surface area contributed by atoms with E-state index >= 15 is 0 Å². The molecule has 1 heterocycles. The number of oxime groups is 1. The van der Waals surface area contributed by atoms with Gasteiger partial charge in [-0.1, -0.05) is 34.9 Å². The van der Waals surface area contributed by atoms with Crippen molar-refractivity contribution < 1.29 is 9.94 Å². The summed E-state index contributed by atoms with van der Waals surface area (Å²) in [6.45, 7) is 4.17. The lowest BCUT2D eigenvalue weighted by atomic mass is 10.0. The molecule has 0 aliphatic heterocycles. The largest absolute Gasteiger partial charge is 0.455 e. The van der Waals surface area contributed by atoms with E-state index in [1.165, 1.54) is 0 Å². The topological polar surface area (TPSA) is 80.7 Å². The van der Waals surface area contributed by atoms with Crippen molar-refractivity contribution in [1.82, 2.24) is 4.98 Å². The Bertz CT molecular complexity index is 672. The molecule has 2 aromatic rings. The monoisotopic (exact) mass is 349 g/mol. The van der Waals surface area contributed by atoms with Crippen LogP contribution in [0.1, 0.15) is 30.9 Å². The first kappa shape index (κ1) is 15.3. The summed E-state index contributed by atoms with van der Waals surface area (Å²) in [5.41, 5.74) is 7.20. The molecule has 0 radical (unpaired) electrons. The Morgan fingerprint density at radius 2 is 2.10 bits per heavy atom. The quantitative estimate of drug-likeness (QED) is 0.380. The van der Waals surface area contributed by atoms with E-state index in [9.17, 15) is 0 Å². The third kappa shape index (κ3) is 3.52. The minimum Gasteiger partial charge on any atom is -0.455 e. The Kier molecular flexibility index (Phi) is 4.80. The molecule has 0 aliphatic rings. The fourth-order valence-corrected chi connectivity index (χ4v) is 2.29. The Labute approximate surface area is 131 Å². The average Bonchev–Trinajstić information content (AvgIpc) is 2.48. The predicted molar refractivity (Wildman–Crippen MR) is 85.1 cm³/mol. The summed E-state index contributed by atoms with van der Waals surface area (Å²) in [7, 11) is 0. The van der Waals surface area contributed by atoms with E-state index in [0.29, 0.717) is 23.0 Å². The van der Waals surface area contributed by atoms with Gasteiger partial charge in [0.25, 0.3) is 0 Å². The molecular formula is C15H16BrN3O2. The standard InChI is InChI=1S/C15H16BrN3O2/c1-9(2)12-7-10(16)3-4-13(12)21-14-8-18-6-5-11(14)15(17)19-20/h3-9,20H,1-2H3,(H2,17,19). The Balaban J connectivity index is 2.44. The van der Waals surface area contributed by atoms with Crippen LogP contribution in [0.15, 0.2) is 46.3 Å². The van der Waals surface area contributed by atoms with Gasteiger partial charge in [-0.15, -0.1) is 0 Å². The maximum Gasteiger partial charge on any atom is 0.173 e. The second-order valence-corrected chi connectivity index (χ2v) is 5.71. The van der Waals surface area contributed by atoms with Crippen LogP contribution in [0.3, 0.4) is 0 Å². The highest BCUT2D eigenvalue weighted by molar-refractivity contribution is 9.10. The molecule has 0 saturated heterocycles. The van der Waals surface area contributed by atoms with Gasteiger partial charge >= 0.3 is 0 Å². The van der Waals surface area contributed by atoms with Gasteiger partial charge in [-0.3, -0.25) is 4.98 Å². The molecule has 3 N–H and O–H groups in total. The number of rotatable bonds is 4. The number of pyridine rings is 1. The lowest BCUT2D eigenvalue weighted by Gasteiger charge is -2.15. The number of nitrogens with zero attached hydrogens (tertiary/aromatic N) is 2. The van der Waals surface area contributed by atoms with Crippen molar-refractivity contribution in [2.24, 2.45) is 10.9 Å². The van der Waals surface area contributed by atoms with Crippen LogP contribution >= 0.6 is 15.9 Å². The van der Waals surface area contributed by atoms with Crippen molar-refractivity contribution in [1.29, 1.82) is 0 Å². The van der Waals surface area contributed by atoms with Crippen LogP contribution in [0.4, 0.5) is 0 Å². The summed E-state index contributed by atoms with van der Waals surface area (Å²) in [6, 6.07) is 7.43. The number of ether oxygens (including phenoxy) is 1. The molecule has 1 aromatic heterocycles. The van der Waals surface area contributed by atoms with Crippen LogP contribution in [-0.4, -0.2) is 16.0 Å². The van der Waals surface area contributed by atoms with Crippen molar-refractivity contribution in [2.45, 2.75) is 19.8 Å². The van der Waals surface area contributed by atoms with Crippen LogP contribution < -0.4 is 10.5 Å². The fourth-order valence-electron chi connectivity index (χ4n) is 1.91. The molecule has 0 bridgehead atoms. The molecule has 0 aliphatic carbocycles. The molecule has 5 nitrogen and oxygen atoms in total. The maximum absolute atomic E-state index is 8.84. The molecule has 0 atom stereocenters. The molecule has 0 fully saturated rings. The molecule has 1 aromatic carbocycles. The summed E-state index contributed by atoms with van der Waals surface area (Å²) >= 11 is 3.46. The van der Waals surface area contributed by atoms with Crippen molar-refractivity contribution in [3.8, 4) is 11.5 Å². The highest BCUT2D eigenvalue weighted by Crippen LogP contribution is 2.33. The minimum atomic E-state index is -0.0180. The fraction of sp³-hybridized carbons (Fsp3) is 0.200. The van der Waals surface area contributed by atoms with Gasteiger partial charge in [0.2, 0.25) is 0 Å². The number of hydrogen-bond acceptors (Lipinski definition) is 4. The van der Waals surface area contributed by atoms with Crippen LogP contribution in [0.2, 0.25) is 0 Å². The molecule has 0 unspecified atom stereocenters. The van der Waals surface area contributed by atoms with E-state index < -0.39 is 0 Å². The SMILES string of the molecule is CC(C)c1cc(Br)ccc1Oc1cnccc1/C(N)=N/O. The third-order valence-electron chi connectivity index (χ3n) is 2.98. The summed E-state index contributed by atoms with van der Waals surface area (Å²) in [5, 5.41) is 11.9. The van der Waals surface area contributed by atoms with E-state index in [1.807, 2.05) is 18.2 Å². The number of hydrogen-bond donors (Lipinski definition) is 2. The zero-order valence-corrected chi connectivity index (χ0v) is 13.3. The summed E-state index contributed by atoms with van der Waals surface area (Å²) in [4.78, 5) is 4.02. The number of halogens is 1. The zero-order chi connectivity index (χ0) is 15.4. The van der Waals surface area contributed by atoms with Crippen LogP contribution in [0.5, 0.6) is 11.5 Å². The van der Waals surface area contributed by atoms with E-state index in [2.05, 4.69) is 39.9 Å². The Hall–Kier alpha value is -2.08. The molecule has 0 spiro atoms. The molecule has 0 amide bonds. The van der Waals surface area contributed by atoms with Crippen molar-refractivity contribution in [3.05, 3.63) is 52.3 Å². The predicted octanol–water partition coefficient (Wildman–Crippen LogP) is 3.85. The Morgan fingerprint density at radius 3 is 2.76 bits per heavy atom. The first-order valence-corrected chi connectivity index (χ1v) is 7.21. The zero-order valence-electron chi connectivity index (χ0n) is 11.7. The second-order valence-electron chi connectivity index (χ2n) is 4.80. The number of nitrogens with two attached hydrogens (primary N) is 1. The van der Waals surface area contributed by atoms with Crippen molar-refractivity contribution >= 4 is 21.8 Å². The smallest absolute Gasteiger partial charge is 0.173 e. The molecule has 0 saturated carbocycles. The first-order valence-electron chi connectivity index (χ1n) is 6.42. The van der Waals surface area contributed by atoms with Gasteiger partial charge in [-0.2, -0.15) is 0 Å². The van der Waals surface area contributed by atoms with Gasteiger partial charge in [0, 0.05) is 10.7 Å². The van der Waals surface area contributed by atoms with Gasteiger partial charge in [0.15, 0.2) is 11.6 Å². The molecule has 110 valence electrons. The van der Waals surface area contributed by atoms with Gasteiger partial charge in [-0.25, -0.2) is 0 Å². The minimum absolute atomic E-state index is 0.0180. The number of aromatic nitrogens is 1. The number of benzene rings is 1. The Morgan fingerprint density at radius 1 is 1.33 bits per heavy atom. The highest BCUT2D eigenvalue weighted by Gasteiger charge is 2.13. The first-order chi connectivity index (χ1) is 10.0. The lowest BCUT2D eigenvalue weighted by Crippen LogP contribution is -2.14. The van der Waals surface area contributed by atoms with Crippen LogP contribution in [0, 0.1) is 0 Å². The van der Waals surface area contributed by atoms with E-state index in [4.69, 9.17) is 15.7 Å². The van der Waals surface area contributed by atoms with E-state index in [0.717, 1.165) is 10.0 Å². The molecule has 2 rings (SSSR count). The van der Waals surface area contributed by atoms with Crippen molar-refractivity contribution in [2.75, 3.05) is 0 Å². The molecule has 21 heavy (non-hydrogen) atoms. The van der Waals surface area contributed by atoms with E-state index in [-0.39, 0.29) is 5.84 Å². The maximum atomic E-state index is 8.84. The molecule has 6 heteroatoms. The highest BCUT2D eigenvalue weighted by atomic mass is 79.9. The van der Waals surface area contributed by atoms with Crippen molar-refractivity contribution in [3.63, 3.8) is 0 Å². The lowest BCUT2D eigenvalue weighted by molar-refractivity contribution is 0.318. The van der Waals surface area contributed by atoms with Gasteiger partial charge in [-0.05, 0) is 35.7 Å². The van der Waals surface area contributed by atoms with Crippen LogP contribution in [-0.2, 0) is 0 Å². The van der Waals surface area contributed by atoms with Gasteiger partial charge < -0.3 is 15.7 Å². The molecular weight excluding hydrogens is 334 g/mol.